The number of rotatable bonds is 6. The molecule has 2 saturated carbocycles. The largest absolute Gasteiger partial charge is 2.00 e. The van der Waals surface area contributed by atoms with E-state index in [1.165, 1.54) is 90.4 Å². The predicted octanol–water partition coefficient (Wildman–Crippen LogP) is 9.71. The Hall–Kier alpha value is -0.221. The van der Waals surface area contributed by atoms with Gasteiger partial charge in [-0.25, -0.2) is 6.58 Å². The van der Waals surface area contributed by atoms with Crippen LogP contribution in [0.2, 0.25) is 0 Å². The normalized spacial score (nSPS) is 17.4. The molecule has 0 aromatic heterocycles. The third-order valence-electron chi connectivity index (χ3n) is 7.49. The molecule has 2 aliphatic rings. The summed E-state index contributed by atoms with van der Waals surface area (Å²) in [6.07, 6.45) is 7.29. The van der Waals surface area contributed by atoms with Gasteiger partial charge < -0.3 is 5.73 Å². The van der Waals surface area contributed by atoms with Crippen LogP contribution in [0, 0.1) is 85.7 Å². The SMILES string of the molecule is C[C]1[C](C)[C](C)[C](C)[C]1C.C[C]1[C](C)[C](C)[C](C)[C]1C.[C-]#[O+].[C-]#[O+].[C-]#[O+].[CH-]=C=C(CCCC)CCCC.[Fe+2].[Fe]. The summed E-state index contributed by atoms with van der Waals surface area (Å²) < 4.78 is 22.5. The molecular weight excluding hydrogens is 568 g/mol. The van der Waals surface area contributed by atoms with Crippen molar-refractivity contribution < 1.29 is 48.1 Å². The van der Waals surface area contributed by atoms with E-state index in [2.05, 4.69) is 109 Å². The molecule has 0 amide bonds. The van der Waals surface area contributed by atoms with Crippen LogP contribution in [-0.4, -0.2) is 0 Å². The molecule has 0 aliphatic heterocycles. The van der Waals surface area contributed by atoms with E-state index in [0.29, 0.717) is 0 Å². The Balaban J connectivity index is -0.0000000931. The molecule has 0 heterocycles. The van der Waals surface area contributed by atoms with Gasteiger partial charge in [0.2, 0.25) is 0 Å². The molecule has 5 heteroatoms. The summed E-state index contributed by atoms with van der Waals surface area (Å²) in [6.45, 7) is 45.3. The minimum atomic E-state index is 0. The molecule has 39 heavy (non-hydrogen) atoms. The minimum absolute atomic E-state index is 0. The quantitative estimate of drug-likeness (QED) is 0.123. The number of unbranched alkanes of at least 4 members (excludes halogenated alkanes) is 2. The molecule has 10 radical (unpaired) electrons. The van der Waals surface area contributed by atoms with Gasteiger partial charge in [-0.1, -0.05) is 122 Å². The third kappa shape index (κ3) is 19.5. The van der Waals surface area contributed by atoms with Gasteiger partial charge in [0.15, 0.2) is 0 Å². The van der Waals surface area contributed by atoms with Crippen molar-refractivity contribution in [2.75, 3.05) is 0 Å². The zero-order chi connectivity index (χ0) is 30.3. The molecule has 3 nitrogen and oxygen atoms in total. The topological polar surface area (TPSA) is 59.7 Å². The molecule has 2 fully saturated rings. The van der Waals surface area contributed by atoms with Crippen molar-refractivity contribution in [2.24, 2.45) is 0 Å². The summed E-state index contributed by atoms with van der Waals surface area (Å²) in [6, 6.07) is 0. The second-order valence-corrected chi connectivity index (χ2v) is 9.20. The summed E-state index contributed by atoms with van der Waals surface area (Å²) >= 11 is 0. The van der Waals surface area contributed by atoms with Crippen molar-refractivity contribution in [1.82, 2.24) is 0 Å². The van der Waals surface area contributed by atoms with E-state index in [4.69, 9.17) is 20.5 Å². The number of allylic oxidation sites excluding steroid dienone is 1. The first-order valence-corrected chi connectivity index (χ1v) is 12.8. The van der Waals surface area contributed by atoms with Gasteiger partial charge in [-0.05, 0) is 59.2 Å². The third-order valence-corrected chi connectivity index (χ3v) is 7.49. The maximum Gasteiger partial charge on any atom is 2.00 e. The van der Waals surface area contributed by atoms with Crippen LogP contribution in [-0.2, 0) is 48.1 Å². The smallest absolute Gasteiger partial charge is 0.336 e. The number of hydrogen-bond donors (Lipinski definition) is 0. The Labute approximate surface area is 265 Å². The van der Waals surface area contributed by atoms with Gasteiger partial charge in [-0.3, -0.25) is 0 Å². The van der Waals surface area contributed by atoms with Gasteiger partial charge in [0, 0.05) is 17.1 Å². The summed E-state index contributed by atoms with van der Waals surface area (Å²) in [5, 5.41) is 0. The average Bonchev–Trinajstić information content (AvgIpc) is 3.22. The van der Waals surface area contributed by atoms with Crippen molar-refractivity contribution in [3.05, 3.63) is 97.0 Å². The summed E-state index contributed by atoms with van der Waals surface area (Å²) in [4.78, 5) is 0. The minimum Gasteiger partial charge on any atom is -0.336 e. The molecule has 218 valence electrons. The molecule has 0 spiro atoms. The fraction of sp³-hybridized carbons (Fsp3) is 0.529. The van der Waals surface area contributed by atoms with Gasteiger partial charge in [-0.15, -0.1) is 0 Å². The Morgan fingerprint density at radius 1 is 0.513 bits per heavy atom. The van der Waals surface area contributed by atoms with Crippen LogP contribution in [0.25, 0.3) is 0 Å². The molecule has 2 aliphatic carbocycles. The Morgan fingerprint density at radius 2 is 0.667 bits per heavy atom. The van der Waals surface area contributed by atoms with Crippen LogP contribution in [0.4, 0.5) is 0 Å². The Bertz CT molecular complexity index is 507. The van der Waals surface area contributed by atoms with Crippen molar-refractivity contribution in [3.63, 3.8) is 0 Å². The zero-order valence-electron chi connectivity index (χ0n) is 26.3. The van der Waals surface area contributed by atoms with Gasteiger partial charge >= 0.3 is 51.0 Å². The second-order valence-electron chi connectivity index (χ2n) is 9.20. The maximum atomic E-state index is 7.50. The molecule has 0 aromatic rings. The zero-order valence-corrected chi connectivity index (χ0v) is 28.5. The standard InChI is InChI=1S/C11H19.2C10H15.3CO.2Fe/c1-4-7-9-11(6-3)10-8-5-2;2*1-6-7(2)9(4)10(5)8(6)3;3*1-2;;/h3H,4-5,7-10H2,1-2H3;2*1-5H3;;;;;/q-1;;;;;;;+2. The van der Waals surface area contributed by atoms with Crippen molar-refractivity contribution in [3.8, 4) is 0 Å². The van der Waals surface area contributed by atoms with E-state index in [1.54, 1.807) is 0 Å². The first-order valence-electron chi connectivity index (χ1n) is 12.8. The molecule has 0 unspecified atom stereocenters. The van der Waals surface area contributed by atoms with Crippen LogP contribution >= 0.6 is 0 Å². The van der Waals surface area contributed by atoms with Crippen LogP contribution in [0.1, 0.15) is 122 Å². The van der Waals surface area contributed by atoms with E-state index >= 15 is 0 Å². The summed E-state index contributed by atoms with van der Waals surface area (Å²) in [5.74, 6) is 14.7. The first-order chi connectivity index (χ1) is 17.5. The first kappa shape index (κ1) is 51.5. The van der Waals surface area contributed by atoms with Crippen molar-refractivity contribution in [2.45, 2.75) is 122 Å². The molecule has 2 rings (SSSR count). The van der Waals surface area contributed by atoms with Crippen LogP contribution in [0.5, 0.6) is 0 Å². The van der Waals surface area contributed by atoms with E-state index in [0.717, 1.165) is 12.8 Å². The van der Waals surface area contributed by atoms with E-state index in [-0.39, 0.29) is 34.1 Å². The van der Waals surface area contributed by atoms with Gasteiger partial charge in [0.1, 0.15) is 0 Å². The Morgan fingerprint density at radius 3 is 0.769 bits per heavy atom. The Kier molecular flexibility index (Phi) is 42.7. The fourth-order valence-electron chi connectivity index (χ4n) is 3.86. The van der Waals surface area contributed by atoms with E-state index in [9.17, 15) is 0 Å². The van der Waals surface area contributed by atoms with E-state index in [1.807, 2.05) is 0 Å². The van der Waals surface area contributed by atoms with E-state index < -0.39 is 0 Å². The summed E-state index contributed by atoms with van der Waals surface area (Å²) in [7, 11) is 0. The van der Waals surface area contributed by atoms with Crippen molar-refractivity contribution in [1.29, 1.82) is 0 Å². The molecule has 0 aromatic carbocycles. The fourth-order valence-corrected chi connectivity index (χ4v) is 3.86. The molecule has 0 atom stereocenters. The number of hydrogen-bond acceptors (Lipinski definition) is 0. The van der Waals surface area contributed by atoms with Gasteiger partial charge in [0.05, 0.1) is 0 Å². The van der Waals surface area contributed by atoms with Gasteiger partial charge in [0.25, 0.3) is 0 Å². The molecule has 0 saturated heterocycles. The molecular formula is C34H49Fe2O3+. The van der Waals surface area contributed by atoms with Gasteiger partial charge in [-0.2, -0.15) is 5.57 Å². The van der Waals surface area contributed by atoms with Crippen molar-refractivity contribution >= 4 is 0 Å². The van der Waals surface area contributed by atoms with Crippen LogP contribution in [0.3, 0.4) is 0 Å². The monoisotopic (exact) mass is 617 g/mol. The maximum absolute atomic E-state index is 7.50. The molecule has 0 N–H and O–H groups in total. The van der Waals surface area contributed by atoms with Crippen LogP contribution in [0.15, 0.2) is 11.3 Å². The predicted molar refractivity (Wildman–Crippen MR) is 151 cm³/mol. The second kappa shape index (κ2) is 32.3. The van der Waals surface area contributed by atoms with Crippen LogP contribution < -0.4 is 0 Å². The molecule has 0 bridgehead atoms. The average molecular weight is 617 g/mol. The summed E-state index contributed by atoms with van der Waals surface area (Å²) in [5.41, 5.74) is 4.10.